The number of nitrogens with zero attached hydrogens (tertiary/aromatic N) is 1. The lowest BCUT2D eigenvalue weighted by atomic mass is 10.1. The second-order valence-electron chi connectivity index (χ2n) is 5.72. The van der Waals surface area contributed by atoms with Gasteiger partial charge < -0.3 is 15.4 Å². The molecular formula is C19H24N2O2. The van der Waals surface area contributed by atoms with Crippen LogP contribution in [0.3, 0.4) is 0 Å². The Bertz CT molecular complexity index is 611. The largest absolute Gasteiger partial charge is 0.492 e. The van der Waals surface area contributed by atoms with Crippen molar-refractivity contribution in [3.63, 3.8) is 0 Å². The number of hydrogen-bond acceptors (Lipinski definition) is 3. The van der Waals surface area contributed by atoms with E-state index in [2.05, 4.69) is 0 Å². The van der Waals surface area contributed by atoms with Crippen LogP contribution in [0.15, 0.2) is 54.6 Å². The van der Waals surface area contributed by atoms with Crippen molar-refractivity contribution in [2.24, 2.45) is 5.73 Å². The fourth-order valence-corrected chi connectivity index (χ4v) is 2.28. The monoisotopic (exact) mass is 312 g/mol. The summed E-state index contributed by atoms with van der Waals surface area (Å²) < 4.78 is 5.65. The highest BCUT2D eigenvalue weighted by Crippen LogP contribution is 2.11. The van der Waals surface area contributed by atoms with Crippen LogP contribution in [0.2, 0.25) is 0 Å². The van der Waals surface area contributed by atoms with Crippen LogP contribution in [0.5, 0.6) is 5.75 Å². The van der Waals surface area contributed by atoms with E-state index < -0.39 is 6.04 Å². The van der Waals surface area contributed by atoms with E-state index in [9.17, 15) is 4.79 Å². The normalized spacial score (nSPS) is 11.8. The Hall–Kier alpha value is -2.33. The molecule has 0 fully saturated rings. The van der Waals surface area contributed by atoms with Gasteiger partial charge in [0.2, 0.25) is 5.91 Å². The van der Waals surface area contributed by atoms with Crippen molar-refractivity contribution in [3.8, 4) is 5.75 Å². The van der Waals surface area contributed by atoms with Gasteiger partial charge in [0.25, 0.3) is 0 Å². The van der Waals surface area contributed by atoms with Crippen LogP contribution in [0.1, 0.15) is 11.1 Å². The molecule has 2 aromatic rings. The predicted octanol–water partition coefficient (Wildman–Crippen LogP) is 2.40. The third-order valence-electron chi connectivity index (χ3n) is 3.71. The van der Waals surface area contributed by atoms with Crippen molar-refractivity contribution in [3.05, 3.63) is 65.7 Å². The summed E-state index contributed by atoms with van der Waals surface area (Å²) in [6, 6.07) is 17.1. The van der Waals surface area contributed by atoms with Gasteiger partial charge in [0.1, 0.15) is 12.4 Å². The standard InChI is InChI=1S/C19H24N2O2/c1-15-8-10-17(11-9-15)23-13-12-21(2)19(22)18(20)14-16-6-4-3-5-7-16/h3-11,18H,12-14,20H2,1-2H3/t18-/m0/s1. The number of rotatable bonds is 7. The molecule has 1 amide bonds. The van der Waals surface area contributed by atoms with Crippen molar-refractivity contribution in [2.45, 2.75) is 19.4 Å². The van der Waals surface area contributed by atoms with E-state index in [1.54, 1.807) is 11.9 Å². The van der Waals surface area contributed by atoms with Gasteiger partial charge in [-0.05, 0) is 31.0 Å². The molecule has 0 bridgehead atoms. The molecule has 2 N–H and O–H groups in total. The highest BCUT2D eigenvalue weighted by atomic mass is 16.5. The fourth-order valence-electron chi connectivity index (χ4n) is 2.28. The lowest BCUT2D eigenvalue weighted by Gasteiger charge is -2.21. The molecule has 0 unspecified atom stereocenters. The van der Waals surface area contributed by atoms with Crippen molar-refractivity contribution >= 4 is 5.91 Å². The maximum absolute atomic E-state index is 12.3. The van der Waals surface area contributed by atoms with E-state index in [0.717, 1.165) is 11.3 Å². The van der Waals surface area contributed by atoms with E-state index in [1.165, 1.54) is 5.56 Å². The van der Waals surface area contributed by atoms with E-state index in [0.29, 0.717) is 19.6 Å². The zero-order valence-corrected chi connectivity index (χ0v) is 13.7. The average molecular weight is 312 g/mol. The number of hydrogen-bond donors (Lipinski definition) is 1. The minimum absolute atomic E-state index is 0.0682. The van der Waals surface area contributed by atoms with E-state index in [1.807, 2.05) is 61.5 Å². The first-order chi connectivity index (χ1) is 11.1. The van der Waals surface area contributed by atoms with E-state index in [-0.39, 0.29) is 5.91 Å². The van der Waals surface area contributed by atoms with Crippen LogP contribution >= 0.6 is 0 Å². The quantitative estimate of drug-likeness (QED) is 0.854. The van der Waals surface area contributed by atoms with Gasteiger partial charge >= 0.3 is 0 Å². The molecule has 0 spiro atoms. The second-order valence-corrected chi connectivity index (χ2v) is 5.72. The van der Waals surface area contributed by atoms with Crippen LogP contribution in [-0.4, -0.2) is 37.0 Å². The Kier molecular flexibility index (Phi) is 6.18. The Morgan fingerprint density at radius 3 is 2.43 bits per heavy atom. The Labute approximate surface area is 137 Å². The Morgan fingerprint density at radius 1 is 1.13 bits per heavy atom. The van der Waals surface area contributed by atoms with Gasteiger partial charge in [0.05, 0.1) is 12.6 Å². The maximum Gasteiger partial charge on any atom is 0.239 e. The lowest BCUT2D eigenvalue weighted by Crippen LogP contribution is -2.44. The Morgan fingerprint density at radius 2 is 1.78 bits per heavy atom. The molecule has 0 aliphatic heterocycles. The Balaban J connectivity index is 1.76. The first-order valence-corrected chi connectivity index (χ1v) is 7.80. The molecule has 23 heavy (non-hydrogen) atoms. The van der Waals surface area contributed by atoms with Crippen molar-refractivity contribution < 1.29 is 9.53 Å². The number of carbonyl (C=O) groups excluding carboxylic acids is 1. The summed E-state index contributed by atoms with van der Waals surface area (Å²) in [6.45, 7) is 2.99. The molecule has 0 saturated heterocycles. The number of likely N-dealkylation sites (N-methyl/N-ethyl adjacent to an activating group) is 1. The van der Waals surface area contributed by atoms with Gasteiger partial charge in [-0.25, -0.2) is 0 Å². The number of amides is 1. The van der Waals surface area contributed by atoms with Gasteiger partial charge in [-0.2, -0.15) is 0 Å². The molecule has 2 rings (SSSR count). The molecule has 0 aliphatic rings. The molecule has 1 atom stereocenters. The molecular weight excluding hydrogens is 288 g/mol. The number of benzene rings is 2. The summed E-state index contributed by atoms with van der Waals surface area (Å²) in [5.41, 5.74) is 8.28. The van der Waals surface area contributed by atoms with Gasteiger partial charge in [-0.3, -0.25) is 4.79 Å². The van der Waals surface area contributed by atoms with Crippen LogP contribution in [-0.2, 0) is 11.2 Å². The van der Waals surface area contributed by atoms with Gasteiger partial charge in [-0.1, -0.05) is 48.0 Å². The second kappa shape index (κ2) is 8.34. The summed E-state index contributed by atoms with van der Waals surface area (Å²) in [6.07, 6.45) is 0.544. The van der Waals surface area contributed by atoms with Gasteiger partial charge in [0.15, 0.2) is 0 Å². The van der Waals surface area contributed by atoms with Crippen LogP contribution < -0.4 is 10.5 Å². The average Bonchev–Trinajstić information content (AvgIpc) is 2.56. The molecule has 0 heterocycles. The van der Waals surface area contributed by atoms with Gasteiger partial charge in [-0.15, -0.1) is 0 Å². The number of nitrogens with two attached hydrogens (primary N) is 1. The number of aryl methyl sites for hydroxylation is 1. The summed E-state index contributed by atoms with van der Waals surface area (Å²) in [5.74, 6) is 0.742. The zero-order valence-electron chi connectivity index (χ0n) is 13.7. The molecule has 0 saturated carbocycles. The number of ether oxygens (including phenoxy) is 1. The summed E-state index contributed by atoms with van der Waals surface area (Å²) in [4.78, 5) is 13.9. The smallest absolute Gasteiger partial charge is 0.239 e. The van der Waals surface area contributed by atoms with Crippen molar-refractivity contribution in [1.29, 1.82) is 0 Å². The third-order valence-corrected chi connectivity index (χ3v) is 3.71. The molecule has 4 heteroatoms. The minimum atomic E-state index is -0.526. The topological polar surface area (TPSA) is 55.6 Å². The highest BCUT2D eigenvalue weighted by molar-refractivity contribution is 5.81. The lowest BCUT2D eigenvalue weighted by molar-refractivity contribution is -0.131. The van der Waals surface area contributed by atoms with Crippen LogP contribution in [0.4, 0.5) is 0 Å². The van der Waals surface area contributed by atoms with E-state index >= 15 is 0 Å². The van der Waals surface area contributed by atoms with Crippen molar-refractivity contribution in [2.75, 3.05) is 20.2 Å². The zero-order chi connectivity index (χ0) is 16.7. The summed E-state index contributed by atoms with van der Waals surface area (Å²) in [5, 5.41) is 0. The van der Waals surface area contributed by atoms with E-state index in [4.69, 9.17) is 10.5 Å². The molecule has 4 nitrogen and oxygen atoms in total. The SMILES string of the molecule is Cc1ccc(OCCN(C)C(=O)[C@@H](N)Cc2ccccc2)cc1. The molecule has 122 valence electrons. The predicted molar refractivity (Wildman–Crippen MR) is 92.4 cm³/mol. The third kappa shape index (κ3) is 5.42. The molecule has 2 aromatic carbocycles. The molecule has 0 aromatic heterocycles. The van der Waals surface area contributed by atoms with Crippen LogP contribution in [0.25, 0.3) is 0 Å². The molecule has 0 radical (unpaired) electrons. The fraction of sp³-hybridized carbons (Fsp3) is 0.316. The van der Waals surface area contributed by atoms with Crippen LogP contribution in [0, 0.1) is 6.92 Å². The minimum Gasteiger partial charge on any atom is -0.492 e. The first-order valence-electron chi connectivity index (χ1n) is 7.80. The van der Waals surface area contributed by atoms with Gasteiger partial charge in [0, 0.05) is 7.05 Å². The maximum atomic E-state index is 12.3. The molecule has 0 aliphatic carbocycles. The number of carbonyl (C=O) groups is 1. The summed E-state index contributed by atoms with van der Waals surface area (Å²) >= 11 is 0. The summed E-state index contributed by atoms with van der Waals surface area (Å²) in [7, 11) is 1.76. The van der Waals surface area contributed by atoms with Crippen molar-refractivity contribution in [1.82, 2.24) is 4.90 Å². The highest BCUT2D eigenvalue weighted by Gasteiger charge is 2.18. The first kappa shape index (κ1) is 17.0.